The quantitative estimate of drug-likeness (QED) is 0.749. The smallest absolute Gasteiger partial charge is 0.243 e. The van der Waals surface area contributed by atoms with Crippen molar-refractivity contribution in [3.05, 3.63) is 23.8 Å². The molecule has 0 aliphatic rings. The highest BCUT2D eigenvalue weighted by Crippen LogP contribution is 2.23. The van der Waals surface area contributed by atoms with Gasteiger partial charge >= 0.3 is 0 Å². The molecule has 1 aromatic carbocycles. The van der Waals surface area contributed by atoms with Crippen molar-refractivity contribution >= 4 is 15.7 Å². The number of benzene rings is 1. The van der Waals surface area contributed by atoms with Crippen LogP contribution in [0.15, 0.2) is 23.1 Å². The second-order valence-corrected chi connectivity index (χ2v) is 6.89. The van der Waals surface area contributed by atoms with Crippen molar-refractivity contribution in [1.29, 1.82) is 0 Å². The van der Waals surface area contributed by atoms with Crippen LogP contribution in [0, 0.1) is 0 Å². The molecular formula is C14H24N2O3S. The molecule has 6 heteroatoms. The number of aryl methyl sites for hydroxylation is 1. The molecule has 114 valence electrons. The highest BCUT2D eigenvalue weighted by atomic mass is 32.2. The van der Waals surface area contributed by atoms with Gasteiger partial charge in [0.15, 0.2) is 0 Å². The predicted octanol–water partition coefficient (Wildman–Crippen LogP) is 1.61. The van der Waals surface area contributed by atoms with Crippen LogP contribution in [0.4, 0.5) is 5.69 Å². The Morgan fingerprint density at radius 3 is 2.45 bits per heavy atom. The van der Waals surface area contributed by atoms with Crippen LogP contribution in [0.5, 0.6) is 0 Å². The zero-order chi connectivity index (χ0) is 15.3. The monoisotopic (exact) mass is 300 g/mol. The first-order valence-electron chi connectivity index (χ1n) is 6.85. The summed E-state index contributed by atoms with van der Waals surface area (Å²) < 4.78 is 26.6. The van der Waals surface area contributed by atoms with E-state index in [1.54, 1.807) is 12.1 Å². The summed E-state index contributed by atoms with van der Waals surface area (Å²) in [4.78, 5) is 0.207. The summed E-state index contributed by atoms with van der Waals surface area (Å²) >= 11 is 0. The fourth-order valence-electron chi connectivity index (χ4n) is 2.07. The Hall–Kier alpha value is -1.11. The lowest BCUT2D eigenvalue weighted by atomic mass is 10.1. The zero-order valence-electron chi connectivity index (χ0n) is 12.3. The number of nitrogens with zero attached hydrogens (tertiary/aromatic N) is 1. The zero-order valence-corrected chi connectivity index (χ0v) is 13.2. The topological polar surface area (TPSA) is 83.6 Å². The van der Waals surface area contributed by atoms with Gasteiger partial charge in [0.1, 0.15) is 0 Å². The summed E-state index contributed by atoms with van der Waals surface area (Å²) in [5.41, 5.74) is 7.32. The molecule has 0 aliphatic heterocycles. The van der Waals surface area contributed by atoms with Gasteiger partial charge in [0.2, 0.25) is 10.0 Å². The first kappa shape index (κ1) is 16.9. The maximum atomic E-state index is 12.6. The predicted molar refractivity (Wildman–Crippen MR) is 81.0 cm³/mol. The standard InChI is InChI=1S/C14H24N2O3S/c1-4-12-6-7-13(10-14(12)15)20(18,19)16(11(2)3)8-5-9-17/h6-7,10-11,17H,4-5,8-9,15H2,1-3H3. The molecule has 3 N–H and O–H groups in total. The van der Waals surface area contributed by atoms with Gasteiger partial charge in [0.05, 0.1) is 4.90 Å². The number of sulfonamides is 1. The van der Waals surface area contributed by atoms with Crippen molar-refractivity contribution in [3.8, 4) is 0 Å². The molecule has 0 saturated heterocycles. The van der Waals surface area contributed by atoms with Crippen LogP contribution in [0.3, 0.4) is 0 Å². The third-order valence-corrected chi connectivity index (χ3v) is 5.29. The number of aliphatic hydroxyl groups excluding tert-OH is 1. The van der Waals surface area contributed by atoms with E-state index >= 15 is 0 Å². The van der Waals surface area contributed by atoms with Crippen molar-refractivity contribution in [2.45, 2.75) is 44.6 Å². The maximum Gasteiger partial charge on any atom is 0.243 e. The van der Waals surface area contributed by atoms with E-state index in [0.29, 0.717) is 18.7 Å². The first-order valence-corrected chi connectivity index (χ1v) is 8.29. The Morgan fingerprint density at radius 1 is 1.35 bits per heavy atom. The van der Waals surface area contributed by atoms with E-state index in [0.717, 1.165) is 12.0 Å². The molecule has 0 atom stereocenters. The minimum atomic E-state index is -3.58. The molecule has 0 aliphatic carbocycles. The van der Waals surface area contributed by atoms with Gasteiger partial charge < -0.3 is 10.8 Å². The summed E-state index contributed by atoms with van der Waals surface area (Å²) in [6, 6.07) is 4.70. The van der Waals surface area contributed by atoms with Gasteiger partial charge in [0.25, 0.3) is 0 Å². The van der Waals surface area contributed by atoms with Gasteiger partial charge in [0, 0.05) is 24.9 Å². The lowest BCUT2D eigenvalue weighted by molar-refractivity contribution is 0.258. The Kier molecular flexibility index (Phi) is 5.98. The molecule has 5 nitrogen and oxygen atoms in total. The molecule has 0 aromatic heterocycles. The van der Waals surface area contributed by atoms with Crippen LogP contribution in [0.1, 0.15) is 32.8 Å². The van der Waals surface area contributed by atoms with Gasteiger partial charge in [-0.3, -0.25) is 0 Å². The SMILES string of the molecule is CCc1ccc(S(=O)(=O)N(CCCO)C(C)C)cc1N. The second kappa shape index (κ2) is 7.06. The number of rotatable bonds is 7. The summed E-state index contributed by atoms with van der Waals surface area (Å²) in [5.74, 6) is 0. The van der Waals surface area contributed by atoms with Gasteiger partial charge in [-0.25, -0.2) is 8.42 Å². The van der Waals surface area contributed by atoms with Crippen molar-refractivity contribution in [2.75, 3.05) is 18.9 Å². The highest BCUT2D eigenvalue weighted by molar-refractivity contribution is 7.89. The molecule has 0 heterocycles. The minimum Gasteiger partial charge on any atom is -0.398 e. The Balaban J connectivity index is 3.16. The van der Waals surface area contributed by atoms with E-state index < -0.39 is 10.0 Å². The Bertz CT molecular complexity index is 541. The number of anilines is 1. The average Bonchev–Trinajstić information content (AvgIpc) is 2.38. The van der Waals surface area contributed by atoms with E-state index in [1.807, 2.05) is 20.8 Å². The molecular weight excluding hydrogens is 276 g/mol. The van der Waals surface area contributed by atoms with E-state index in [9.17, 15) is 8.42 Å². The van der Waals surface area contributed by atoms with Gasteiger partial charge in [-0.2, -0.15) is 4.31 Å². The number of aliphatic hydroxyl groups is 1. The number of hydrogen-bond acceptors (Lipinski definition) is 4. The summed E-state index contributed by atoms with van der Waals surface area (Å²) in [5, 5.41) is 8.90. The van der Waals surface area contributed by atoms with Crippen LogP contribution in [0.2, 0.25) is 0 Å². The molecule has 0 fully saturated rings. The molecule has 0 radical (unpaired) electrons. The summed E-state index contributed by atoms with van der Waals surface area (Å²) in [7, 11) is -3.58. The second-order valence-electron chi connectivity index (χ2n) is 5.00. The Labute approximate surface area is 121 Å². The fourth-order valence-corrected chi connectivity index (χ4v) is 3.78. The van der Waals surface area contributed by atoms with E-state index in [4.69, 9.17) is 10.8 Å². The van der Waals surface area contributed by atoms with Crippen LogP contribution >= 0.6 is 0 Å². The van der Waals surface area contributed by atoms with Crippen molar-refractivity contribution in [3.63, 3.8) is 0 Å². The maximum absolute atomic E-state index is 12.6. The Morgan fingerprint density at radius 2 is 2.00 bits per heavy atom. The molecule has 0 unspecified atom stereocenters. The number of hydrogen-bond donors (Lipinski definition) is 2. The molecule has 0 saturated carbocycles. The third kappa shape index (κ3) is 3.71. The molecule has 1 rings (SSSR count). The van der Waals surface area contributed by atoms with E-state index in [1.165, 1.54) is 10.4 Å². The first-order chi connectivity index (χ1) is 9.34. The van der Waals surface area contributed by atoms with Crippen LogP contribution in [-0.4, -0.2) is 37.0 Å². The highest BCUT2D eigenvalue weighted by Gasteiger charge is 2.26. The normalized spacial score (nSPS) is 12.3. The minimum absolute atomic E-state index is 0.0321. The van der Waals surface area contributed by atoms with Crippen molar-refractivity contribution in [1.82, 2.24) is 4.31 Å². The molecule has 0 bridgehead atoms. The van der Waals surface area contributed by atoms with Crippen LogP contribution in [0.25, 0.3) is 0 Å². The number of nitrogens with two attached hydrogens (primary N) is 1. The molecule has 0 spiro atoms. The van der Waals surface area contributed by atoms with E-state index in [-0.39, 0.29) is 17.5 Å². The molecule has 0 amide bonds. The van der Waals surface area contributed by atoms with Gasteiger partial charge in [-0.05, 0) is 44.4 Å². The summed E-state index contributed by atoms with van der Waals surface area (Å²) in [6.45, 7) is 5.88. The van der Waals surface area contributed by atoms with Crippen LogP contribution < -0.4 is 5.73 Å². The van der Waals surface area contributed by atoms with Gasteiger partial charge in [-0.15, -0.1) is 0 Å². The molecule has 20 heavy (non-hydrogen) atoms. The fraction of sp³-hybridized carbons (Fsp3) is 0.571. The number of nitrogen functional groups attached to an aromatic ring is 1. The van der Waals surface area contributed by atoms with Crippen LogP contribution in [-0.2, 0) is 16.4 Å². The third-order valence-electron chi connectivity index (χ3n) is 3.22. The van der Waals surface area contributed by atoms with E-state index in [2.05, 4.69) is 0 Å². The largest absolute Gasteiger partial charge is 0.398 e. The average molecular weight is 300 g/mol. The lowest BCUT2D eigenvalue weighted by Crippen LogP contribution is -2.38. The molecule has 1 aromatic rings. The van der Waals surface area contributed by atoms with Crippen molar-refractivity contribution in [2.24, 2.45) is 0 Å². The van der Waals surface area contributed by atoms with Crippen molar-refractivity contribution < 1.29 is 13.5 Å². The lowest BCUT2D eigenvalue weighted by Gasteiger charge is -2.26. The van der Waals surface area contributed by atoms with Gasteiger partial charge in [-0.1, -0.05) is 13.0 Å². The summed E-state index contributed by atoms with van der Waals surface area (Å²) in [6.07, 6.45) is 1.19.